The molecule has 1 rings (SSSR count). The molecule has 0 atom stereocenters. The summed E-state index contributed by atoms with van der Waals surface area (Å²) in [6.45, 7) is 4.65. The zero-order valence-electron chi connectivity index (χ0n) is 12.0. The van der Waals surface area contributed by atoms with Crippen LogP contribution in [0.15, 0.2) is 30.3 Å². The summed E-state index contributed by atoms with van der Waals surface area (Å²) in [7, 11) is 0. The highest BCUT2D eigenvalue weighted by Crippen LogP contribution is 2.15. The Labute approximate surface area is 119 Å². The first-order valence-electron chi connectivity index (χ1n) is 6.84. The van der Waals surface area contributed by atoms with E-state index in [-0.39, 0.29) is 12.4 Å². The van der Waals surface area contributed by atoms with E-state index in [4.69, 9.17) is 9.47 Å². The van der Waals surface area contributed by atoms with Gasteiger partial charge in [0, 0.05) is 18.7 Å². The SMILES string of the molecule is CCOC(=O)CCCN(C(=O)OCC)c1ccccc1. The Morgan fingerprint density at radius 1 is 1.05 bits per heavy atom. The van der Waals surface area contributed by atoms with Gasteiger partial charge in [0.15, 0.2) is 0 Å². The molecule has 1 aromatic rings. The lowest BCUT2D eigenvalue weighted by Gasteiger charge is -2.21. The number of carbonyl (C=O) groups is 2. The van der Waals surface area contributed by atoms with Crippen LogP contribution in [0.1, 0.15) is 26.7 Å². The summed E-state index contributed by atoms with van der Waals surface area (Å²) in [5.41, 5.74) is 0.759. The summed E-state index contributed by atoms with van der Waals surface area (Å²) >= 11 is 0. The first-order chi connectivity index (χ1) is 9.69. The molecule has 0 saturated carbocycles. The van der Waals surface area contributed by atoms with E-state index < -0.39 is 6.09 Å². The fourth-order valence-corrected chi connectivity index (χ4v) is 1.75. The van der Waals surface area contributed by atoms with Crippen LogP contribution in [0.4, 0.5) is 10.5 Å². The average Bonchev–Trinajstić information content (AvgIpc) is 2.45. The van der Waals surface area contributed by atoms with Gasteiger partial charge < -0.3 is 9.47 Å². The number of hydrogen-bond acceptors (Lipinski definition) is 4. The smallest absolute Gasteiger partial charge is 0.414 e. The Kier molecular flexibility index (Phi) is 7.17. The Hall–Kier alpha value is -2.04. The molecule has 0 aliphatic heterocycles. The van der Waals surface area contributed by atoms with Crippen molar-refractivity contribution in [2.24, 2.45) is 0 Å². The molecule has 0 aliphatic carbocycles. The quantitative estimate of drug-likeness (QED) is 0.720. The second-order valence-corrected chi connectivity index (χ2v) is 4.09. The second kappa shape index (κ2) is 8.96. The molecule has 0 aliphatic rings. The first-order valence-corrected chi connectivity index (χ1v) is 6.84. The second-order valence-electron chi connectivity index (χ2n) is 4.09. The lowest BCUT2D eigenvalue weighted by Crippen LogP contribution is -2.32. The number of hydrogen-bond donors (Lipinski definition) is 0. The van der Waals surface area contributed by atoms with Crippen molar-refractivity contribution in [1.29, 1.82) is 0 Å². The van der Waals surface area contributed by atoms with Gasteiger partial charge in [-0.05, 0) is 32.4 Å². The van der Waals surface area contributed by atoms with Crippen molar-refractivity contribution < 1.29 is 19.1 Å². The fourth-order valence-electron chi connectivity index (χ4n) is 1.75. The molecule has 0 radical (unpaired) electrons. The van der Waals surface area contributed by atoms with Crippen LogP contribution in [0.5, 0.6) is 0 Å². The maximum Gasteiger partial charge on any atom is 0.414 e. The third-order valence-electron chi connectivity index (χ3n) is 2.62. The Morgan fingerprint density at radius 2 is 1.70 bits per heavy atom. The van der Waals surface area contributed by atoms with Crippen LogP contribution in [0.25, 0.3) is 0 Å². The largest absolute Gasteiger partial charge is 0.466 e. The number of nitrogens with zero attached hydrogens (tertiary/aromatic N) is 1. The molecule has 0 bridgehead atoms. The predicted octanol–water partition coefficient (Wildman–Crippen LogP) is 2.99. The van der Waals surface area contributed by atoms with Gasteiger partial charge in [-0.1, -0.05) is 18.2 Å². The summed E-state index contributed by atoms with van der Waals surface area (Å²) in [6.07, 6.45) is 0.422. The first kappa shape index (κ1) is 16.0. The van der Waals surface area contributed by atoms with Gasteiger partial charge in [0.05, 0.1) is 13.2 Å². The van der Waals surface area contributed by atoms with Gasteiger partial charge in [0.25, 0.3) is 0 Å². The molecule has 0 aromatic heterocycles. The molecule has 110 valence electrons. The van der Waals surface area contributed by atoms with Gasteiger partial charge in [-0.25, -0.2) is 4.79 Å². The van der Waals surface area contributed by atoms with Crippen LogP contribution in [-0.2, 0) is 14.3 Å². The van der Waals surface area contributed by atoms with Crippen LogP contribution < -0.4 is 4.90 Å². The highest BCUT2D eigenvalue weighted by Gasteiger charge is 2.16. The van der Waals surface area contributed by atoms with Crippen molar-refractivity contribution in [3.05, 3.63) is 30.3 Å². The minimum absolute atomic E-state index is 0.246. The topological polar surface area (TPSA) is 55.8 Å². The highest BCUT2D eigenvalue weighted by molar-refractivity contribution is 5.87. The average molecular weight is 279 g/mol. The molecule has 1 amide bonds. The summed E-state index contributed by atoms with van der Waals surface area (Å²) in [6, 6.07) is 9.26. The van der Waals surface area contributed by atoms with E-state index in [0.29, 0.717) is 26.2 Å². The molecular weight excluding hydrogens is 258 g/mol. The van der Waals surface area contributed by atoms with Crippen molar-refractivity contribution in [2.75, 3.05) is 24.7 Å². The standard InChI is InChI=1S/C15H21NO4/c1-3-19-14(17)11-8-12-16(15(18)20-4-2)13-9-6-5-7-10-13/h5-7,9-10H,3-4,8,11-12H2,1-2H3. The van der Waals surface area contributed by atoms with Gasteiger partial charge in [-0.15, -0.1) is 0 Å². The fraction of sp³-hybridized carbons (Fsp3) is 0.467. The van der Waals surface area contributed by atoms with Crippen molar-refractivity contribution in [1.82, 2.24) is 0 Å². The van der Waals surface area contributed by atoms with Crippen LogP contribution in [0, 0.1) is 0 Å². The number of para-hydroxylation sites is 1. The number of benzene rings is 1. The number of esters is 1. The van der Waals surface area contributed by atoms with E-state index in [1.54, 1.807) is 13.8 Å². The highest BCUT2D eigenvalue weighted by atomic mass is 16.6. The zero-order chi connectivity index (χ0) is 14.8. The van der Waals surface area contributed by atoms with Gasteiger partial charge >= 0.3 is 12.1 Å². The number of anilines is 1. The monoisotopic (exact) mass is 279 g/mol. The molecule has 20 heavy (non-hydrogen) atoms. The number of amides is 1. The third kappa shape index (κ3) is 5.30. The molecular formula is C15H21NO4. The molecule has 0 spiro atoms. The van der Waals surface area contributed by atoms with Gasteiger partial charge in [0.1, 0.15) is 0 Å². The van der Waals surface area contributed by atoms with Crippen LogP contribution >= 0.6 is 0 Å². The molecule has 5 heteroatoms. The van der Waals surface area contributed by atoms with E-state index in [1.807, 2.05) is 30.3 Å². The molecule has 0 N–H and O–H groups in total. The third-order valence-corrected chi connectivity index (χ3v) is 2.62. The lowest BCUT2D eigenvalue weighted by atomic mass is 10.2. The van der Waals surface area contributed by atoms with Crippen LogP contribution in [0.3, 0.4) is 0 Å². The number of ether oxygens (including phenoxy) is 2. The van der Waals surface area contributed by atoms with E-state index >= 15 is 0 Å². The summed E-state index contributed by atoms with van der Waals surface area (Å²) in [4.78, 5) is 24.8. The zero-order valence-corrected chi connectivity index (χ0v) is 12.0. The Morgan fingerprint density at radius 3 is 2.30 bits per heavy atom. The van der Waals surface area contributed by atoms with E-state index in [2.05, 4.69) is 0 Å². The maximum absolute atomic E-state index is 11.9. The summed E-state index contributed by atoms with van der Waals surface area (Å²) in [5, 5.41) is 0. The minimum atomic E-state index is -0.400. The normalized spacial score (nSPS) is 9.90. The predicted molar refractivity (Wildman–Crippen MR) is 76.7 cm³/mol. The van der Waals surface area contributed by atoms with Crippen molar-refractivity contribution in [2.45, 2.75) is 26.7 Å². The Balaban J connectivity index is 2.60. The number of carbonyl (C=O) groups excluding carboxylic acids is 2. The molecule has 0 heterocycles. The number of rotatable bonds is 7. The summed E-state index contributed by atoms with van der Waals surface area (Å²) in [5.74, 6) is -0.246. The Bertz CT molecular complexity index is 419. The molecule has 0 saturated heterocycles. The summed E-state index contributed by atoms with van der Waals surface area (Å²) < 4.78 is 9.90. The van der Waals surface area contributed by atoms with Crippen LogP contribution in [0.2, 0.25) is 0 Å². The molecule has 0 unspecified atom stereocenters. The van der Waals surface area contributed by atoms with Crippen molar-refractivity contribution in [3.63, 3.8) is 0 Å². The molecule has 0 fully saturated rings. The lowest BCUT2D eigenvalue weighted by molar-refractivity contribution is -0.143. The maximum atomic E-state index is 11.9. The molecule has 1 aromatic carbocycles. The minimum Gasteiger partial charge on any atom is -0.466 e. The van der Waals surface area contributed by atoms with Gasteiger partial charge in [0.2, 0.25) is 0 Å². The van der Waals surface area contributed by atoms with Crippen molar-refractivity contribution in [3.8, 4) is 0 Å². The molecule has 5 nitrogen and oxygen atoms in total. The van der Waals surface area contributed by atoms with Crippen molar-refractivity contribution >= 4 is 17.7 Å². The van der Waals surface area contributed by atoms with E-state index in [9.17, 15) is 9.59 Å². The van der Waals surface area contributed by atoms with Crippen LogP contribution in [-0.4, -0.2) is 31.8 Å². The van der Waals surface area contributed by atoms with Gasteiger partial charge in [-0.2, -0.15) is 0 Å². The van der Waals surface area contributed by atoms with Gasteiger partial charge in [-0.3, -0.25) is 9.69 Å². The van der Waals surface area contributed by atoms with E-state index in [0.717, 1.165) is 5.69 Å². The van der Waals surface area contributed by atoms with E-state index in [1.165, 1.54) is 4.90 Å².